The Balaban J connectivity index is 1.80. The highest BCUT2D eigenvalue weighted by molar-refractivity contribution is 5.82. The van der Waals surface area contributed by atoms with E-state index in [4.69, 9.17) is 0 Å². The van der Waals surface area contributed by atoms with Gasteiger partial charge in [0.25, 0.3) is 0 Å². The molecule has 2 atom stereocenters. The lowest BCUT2D eigenvalue weighted by atomic mass is 9.85. The summed E-state index contributed by atoms with van der Waals surface area (Å²) >= 11 is 0. The van der Waals surface area contributed by atoms with Gasteiger partial charge in [0.05, 0.1) is 0 Å². The second-order valence-corrected chi connectivity index (χ2v) is 6.17. The quantitative estimate of drug-likeness (QED) is 0.549. The summed E-state index contributed by atoms with van der Waals surface area (Å²) in [4.78, 5) is 0. The van der Waals surface area contributed by atoms with Crippen LogP contribution in [0.4, 0.5) is 0 Å². The molecule has 96 valence electrons. The summed E-state index contributed by atoms with van der Waals surface area (Å²) in [6.45, 7) is 0. The van der Waals surface area contributed by atoms with Gasteiger partial charge in [-0.05, 0) is 52.1 Å². The number of hydrogen-bond acceptors (Lipinski definition) is 0. The van der Waals surface area contributed by atoms with E-state index in [1.165, 1.54) is 23.1 Å². The number of allylic oxidation sites excluding steroid dienone is 4. The fraction of sp³-hybridized carbons (Fsp3) is 0.200. The van der Waals surface area contributed by atoms with E-state index in [0.717, 1.165) is 6.42 Å². The van der Waals surface area contributed by atoms with Crippen LogP contribution in [0.5, 0.6) is 0 Å². The largest absolute Gasteiger partial charge is 0.0802 e. The molecule has 20 heavy (non-hydrogen) atoms. The maximum Gasteiger partial charge on any atom is 0.00962 e. The molecule has 0 radical (unpaired) electrons. The summed E-state index contributed by atoms with van der Waals surface area (Å²) in [5.74, 6) is 1.27. The van der Waals surface area contributed by atoms with Gasteiger partial charge in [0, 0.05) is 5.92 Å². The second kappa shape index (κ2) is 3.73. The first kappa shape index (κ1) is 10.7. The molecule has 0 spiro atoms. The summed E-state index contributed by atoms with van der Waals surface area (Å²) in [6.07, 6.45) is 11.5. The molecular weight excluding hydrogens is 240 g/mol. The van der Waals surface area contributed by atoms with Gasteiger partial charge in [0.15, 0.2) is 0 Å². The summed E-state index contributed by atoms with van der Waals surface area (Å²) < 4.78 is 0. The molecule has 5 rings (SSSR count). The van der Waals surface area contributed by atoms with E-state index < -0.39 is 0 Å². The summed E-state index contributed by atoms with van der Waals surface area (Å²) in [7, 11) is 0. The van der Waals surface area contributed by atoms with Crippen molar-refractivity contribution >= 4 is 0 Å². The molecular formula is C20H16. The Labute approximate surface area is 119 Å². The molecule has 0 amide bonds. The van der Waals surface area contributed by atoms with Crippen molar-refractivity contribution in [3.63, 3.8) is 0 Å². The van der Waals surface area contributed by atoms with E-state index in [2.05, 4.69) is 60.7 Å². The Morgan fingerprint density at radius 2 is 1.65 bits per heavy atom. The maximum atomic E-state index is 2.40. The zero-order valence-electron chi connectivity index (χ0n) is 11.3. The molecule has 0 bridgehead atoms. The number of rotatable bonds is 0. The van der Waals surface area contributed by atoms with E-state index in [0.29, 0.717) is 11.8 Å². The topological polar surface area (TPSA) is 0 Å². The molecule has 3 aliphatic rings. The molecule has 0 saturated heterocycles. The van der Waals surface area contributed by atoms with Crippen molar-refractivity contribution in [1.82, 2.24) is 0 Å². The standard InChI is InChI=1S/C20H16/c1-3-7-17-13(5-1)11-15-9-10-16-12-14-6-2-4-8-18(14)20(16)19(15)17/h1-10,13,17H,11-12H2. The fourth-order valence-electron chi connectivity index (χ4n) is 4.27. The molecule has 0 heterocycles. The lowest BCUT2D eigenvalue weighted by molar-refractivity contribution is 0.630. The van der Waals surface area contributed by atoms with Crippen LogP contribution in [0.3, 0.4) is 0 Å². The van der Waals surface area contributed by atoms with Crippen molar-refractivity contribution in [3.05, 3.63) is 83.0 Å². The van der Waals surface area contributed by atoms with Crippen LogP contribution in [-0.2, 0) is 12.8 Å². The third kappa shape index (κ3) is 1.27. The minimum atomic E-state index is 0.594. The van der Waals surface area contributed by atoms with Crippen molar-refractivity contribution in [3.8, 4) is 11.1 Å². The van der Waals surface area contributed by atoms with Crippen molar-refractivity contribution < 1.29 is 0 Å². The van der Waals surface area contributed by atoms with Crippen LogP contribution < -0.4 is 0 Å². The number of hydrogen-bond donors (Lipinski definition) is 0. The highest BCUT2D eigenvalue weighted by Crippen LogP contribution is 2.50. The van der Waals surface area contributed by atoms with E-state index in [-0.39, 0.29) is 0 Å². The molecule has 0 aliphatic heterocycles. The van der Waals surface area contributed by atoms with Crippen molar-refractivity contribution in [2.24, 2.45) is 5.92 Å². The third-order valence-corrected chi connectivity index (χ3v) is 5.13. The SMILES string of the molecule is C1=CC2Cc3ccc4c(c3C2C=C1)-c1ccccc1C4. The van der Waals surface area contributed by atoms with Gasteiger partial charge in [-0.2, -0.15) is 0 Å². The Hall–Kier alpha value is -2.08. The average molecular weight is 256 g/mol. The summed E-state index contributed by atoms with van der Waals surface area (Å²) in [5, 5.41) is 0. The van der Waals surface area contributed by atoms with Crippen LogP contribution in [0, 0.1) is 5.92 Å². The highest BCUT2D eigenvalue weighted by atomic mass is 14.4. The predicted octanol–water partition coefficient (Wildman–Crippen LogP) is 4.64. The van der Waals surface area contributed by atoms with Crippen LogP contribution in [0.25, 0.3) is 11.1 Å². The zero-order chi connectivity index (χ0) is 13.1. The first-order valence-corrected chi connectivity index (χ1v) is 7.50. The highest BCUT2D eigenvalue weighted by Gasteiger charge is 2.35. The van der Waals surface area contributed by atoms with E-state index in [1.54, 1.807) is 16.7 Å². The van der Waals surface area contributed by atoms with Gasteiger partial charge >= 0.3 is 0 Å². The maximum absolute atomic E-state index is 2.40. The zero-order valence-corrected chi connectivity index (χ0v) is 11.3. The van der Waals surface area contributed by atoms with Gasteiger partial charge in [-0.25, -0.2) is 0 Å². The van der Waals surface area contributed by atoms with Crippen LogP contribution in [0.15, 0.2) is 60.7 Å². The smallest absolute Gasteiger partial charge is 0.00962 e. The van der Waals surface area contributed by atoms with Gasteiger partial charge in [-0.1, -0.05) is 60.7 Å². The van der Waals surface area contributed by atoms with Crippen LogP contribution in [0.2, 0.25) is 0 Å². The molecule has 0 nitrogen and oxygen atoms in total. The Bertz CT molecular complexity index is 777. The van der Waals surface area contributed by atoms with Crippen molar-refractivity contribution in [1.29, 1.82) is 0 Å². The fourth-order valence-corrected chi connectivity index (χ4v) is 4.27. The Kier molecular flexibility index (Phi) is 1.99. The summed E-state index contributed by atoms with van der Waals surface area (Å²) in [6, 6.07) is 13.7. The molecule has 0 aromatic heterocycles. The predicted molar refractivity (Wildman–Crippen MR) is 82.9 cm³/mol. The number of fused-ring (bicyclic) bond motifs is 7. The van der Waals surface area contributed by atoms with Crippen molar-refractivity contribution in [2.45, 2.75) is 18.8 Å². The van der Waals surface area contributed by atoms with Crippen LogP contribution >= 0.6 is 0 Å². The summed E-state index contributed by atoms with van der Waals surface area (Å²) in [5.41, 5.74) is 9.21. The second-order valence-electron chi connectivity index (χ2n) is 6.17. The Morgan fingerprint density at radius 3 is 2.65 bits per heavy atom. The van der Waals surface area contributed by atoms with Crippen molar-refractivity contribution in [2.75, 3.05) is 0 Å². The lowest BCUT2D eigenvalue weighted by Crippen LogP contribution is -2.05. The van der Waals surface area contributed by atoms with Gasteiger partial charge in [0.2, 0.25) is 0 Å². The molecule has 2 unspecified atom stereocenters. The lowest BCUT2D eigenvalue weighted by Gasteiger charge is -2.18. The van der Waals surface area contributed by atoms with Crippen LogP contribution in [0.1, 0.15) is 28.2 Å². The number of benzene rings is 2. The monoisotopic (exact) mass is 256 g/mol. The molecule has 2 aromatic rings. The van der Waals surface area contributed by atoms with E-state index >= 15 is 0 Å². The minimum absolute atomic E-state index is 0.594. The normalized spacial score (nSPS) is 24.2. The first-order valence-electron chi connectivity index (χ1n) is 7.50. The average Bonchev–Trinajstić information content (AvgIpc) is 3.04. The van der Waals surface area contributed by atoms with E-state index in [1.807, 2.05) is 0 Å². The van der Waals surface area contributed by atoms with Gasteiger partial charge in [-0.3, -0.25) is 0 Å². The Morgan fingerprint density at radius 1 is 0.800 bits per heavy atom. The van der Waals surface area contributed by atoms with Gasteiger partial charge < -0.3 is 0 Å². The minimum Gasteiger partial charge on any atom is -0.0802 e. The molecule has 3 aliphatic carbocycles. The third-order valence-electron chi connectivity index (χ3n) is 5.13. The van der Waals surface area contributed by atoms with Gasteiger partial charge in [0.1, 0.15) is 0 Å². The molecule has 0 saturated carbocycles. The van der Waals surface area contributed by atoms with Crippen LogP contribution in [-0.4, -0.2) is 0 Å². The molecule has 2 aromatic carbocycles. The molecule has 0 fully saturated rings. The first-order chi connectivity index (χ1) is 9.92. The van der Waals surface area contributed by atoms with Gasteiger partial charge in [-0.15, -0.1) is 0 Å². The molecule has 0 N–H and O–H groups in total. The van der Waals surface area contributed by atoms with E-state index in [9.17, 15) is 0 Å². The molecule has 0 heteroatoms.